The van der Waals surface area contributed by atoms with Crippen LogP contribution in [-0.2, 0) is 19.4 Å². The third-order valence-corrected chi connectivity index (χ3v) is 2.81. The summed E-state index contributed by atoms with van der Waals surface area (Å²) in [5.41, 5.74) is 0.424. The molecule has 0 aliphatic heterocycles. The summed E-state index contributed by atoms with van der Waals surface area (Å²) in [6.07, 6.45) is 1.14. The molecular formula is C13H15F2N3O. The Labute approximate surface area is 109 Å². The lowest BCUT2D eigenvalue weighted by atomic mass is 10.1. The van der Waals surface area contributed by atoms with Crippen LogP contribution in [0.5, 0.6) is 0 Å². The molecule has 19 heavy (non-hydrogen) atoms. The van der Waals surface area contributed by atoms with Gasteiger partial charge in [-0.2, -0.15) is 5.10 Å². The van der Waals surface area contributed by atoms with Crippen LogP contribution in [0.25, 0.3) is 0 Å². The predicted molar refractivity (Wildman–Crippen MR) is 65.5 cm³/mol. The predicted octanol–water partition coefficient (Wildman–Crippen LogP) is 1.72. The lowest BCUT2D eigenvalue weighted by Gasteiger charge is -2.11. The largest absolute Gasteiger partial charge is 0.392 e. The van der Waals surface area contributed by atoms with Crippen LogP contribution >= 0.6 is 0 Å². The van der Waals surface area contributed by atoms with E-state index in [1.54, 1.807) is 4.68 Å². The van der Waals surface area contributed by atoms with E-state index in [9.17, 15) is 13.9 Å². The van der Waals surface area contributed by atoms with Crippen molar-refractivity contribution < 1.29 is 13.9 Å². The van der Waals surface area contributed by atoms with Crippen LogP contribution in [0.2, 0.25) is 0 Å². The van der Waals surface area contributed by atoms with E-state index in [1.165, 1.54) is 18.5 Å². The van der Waals surface area contributed by atoms with Crippen molar-refractivity contribution in [2.24, 2.45) is 0 Å². The highest BCUT2D eigenvalue weighted by Crippen LogP contribution is 2.12. The lowest BCUT2D eigenvalue weighted by Crippen LogP contribution is -2.18. The van der Waals surface area contributed by atoms with Gasteiger partial charge in [0.05, 0.1) is 6.10 Å². The minimum absolute atomic E-state index is 0.172. The molecule has 0 saturated carbocycles. The normalized spacial score (nSPS) is 12.6. The monoisotopic (exact) mass is 267 g/mol. The second-order valence-corrected chi connectivity index (χ2v) is 4.33. The Kier molecular flexibility index (Phi) is 4.21. The number of aryl methyl sites for hydroxylation is 1. The highest BCUT2D eigenvalue weighted by Gasteiger charge is 2.12. The molecular weight excluding hydrogens is 252 g/mol. The van der Waals surface area contributed by atoms with E-state index in [4.69, 9.17) is 0 Å². The number of nitrogens with zero attached hydrogens (tertiary/aromatic N) is 3. The molecule has 1 heterocycles. The fourth-order valence-corrected chi connectivity index (χ4v) is 1.99. The molecule has 0 radical (unpaired) electrons. The number of halogens is 2. The van der Waals surface area contributed by atoms with Gasteiger partial charge in [0, 0.05) is 19.0 Å². The van der Waals surface area contributed by atoms with Crippen LogP contribution in [0, 0.1) is 11.6 Å². The third-order valence-electron chi connectivity index (χ3n) is 2.81. The maximum absolute atomic E-state index is 13.0. The number of rotatable bonds is 5. The molecule has 2 rings (SSSR count). The first-order valence-electron chi connectivity index (χ1n) is 6.08. The average molecular weight is 267 g/mol. The molecule has 6 heteroatoms. The van der Waals surface area contributed by atoms with Crippen molar-refractivity contribution in [2.75, 3.05) is 0 Å². The van der Waals surface area contributed by atoms with E-state index in [0.717, 1.165) is 6.07 Å². The Morgan fingerprint density at radius 1 is 1.21 bits per heavy atom. The molecule has 0 aliphatic carbocycles. The molecule has 0 fully saturated rings. The maximum Gasteiger partial charge on any atom is 0.138 e. The molecule has 0 spiro atoms. The Hall–Kier alpha value is -1.82. The average Bonchev–Trinajstić information content (AvgIpc) is 2.74. The summed E-state index contributed by atoms with van der Waals surface area (Å²) in [7, 11) is 0. The number of hydrogen-bond donors (Lipinski definition) is 1. The molecule has 102 valence electrons. The van der Waals surface area contributed by atoms with Crippen molar-refractivity contribution in [1.82, 2.24) is 14.8 Å². The second kappa shape index (κ2) is 5.88. The van der Waals surface area contributed by atoms with Gasteiger partial charge in [0.25, 0.3) is 0 Å². The summed E-state index contributed by atoms with van der Waals surface area (Å²) in [4.78, 5) is 4.05. The van der Waals surface area contributed by atoms with Gasteiger partial charge in [-0.25, -0.2) is 13.8 Å². The van der Waals surface area contributed by atoms with Gasteiger partial charge in [-0.1, -0.05) is 0 Å². The van der Waals surface area contributed by atoms with Gasteiger partial charge in [-0.05, 0) is 31.0 Å². The van der Waals surface area contributed by atoms with E-state index in [0.29, 0.717) is 24.4 Å². The van der Waals surface area contributed by atoms with E-state index in [-0.39, 0.29) is 6.42 Å². The molecule has 2 aromatic rings. The third kappa shape index (κ3) is 3.57. The summed E-state index contributed by atoms with van der Waals surface area (Å²) in [6.45, 7) is 2.59. The number of hydrogen-bond acceptors (Lipinski definition) is 3. The quantitative estimate of drug-likeness (QED) is 0.897. The minimum Gasteiger partial charge on any atom is -0.392 e. The highest BCUT2D eigenvalue weighted by atomic mass is 19.1. The van der Waals surface area contributed by atoms with Crippen LogP contribution in [0.1, 0.15) is 18.3 Å². The fraction of sp³-hybridized carbons (Fsp3) is 0.385. The van der Waals surface area contributed by atoms with Gasteiger partial charge in [0.15, 0.2) is 0 Å². The van der Waals surface area contributed by atoms with Crippen LogP contribution < -0.4 is 0 Å². The van der Waals surface area contributed by atoms with Crippen molar-refractivity contribution in [3.05, 3.63) is 47.5 Å². The number of benzene rings is 1. The Morgan fingerprint density at radius 2 is 1.89 bits per heavy atom. The SMILES string of the molecule is CCn1ncnc1CC(O)Cc1cc(F)cc(F)c1. The molecule has 4 nitrogen and oxygen atoms in total. The van der Waals surface area contributed by atoms with E-state index < -0.39 is 17.7 Å². The lowest BCUT2D eigenvalue weighted by molar-refractivity contribution is 0.171. The Balaban J connectivity index is 2.03. The summed E-state index contributed by atoms with van der Waals surface area (Å²) < 4.78 is 27.7. The summed E-state index contributed by atoms with van der Waals surface area (Å²) in [5, 5.41) is 13.9. The fourth-order valence-electron chi connectivity index (χ4n) is 1.99. The molecule has 1 unspecified atom stereocenters. The first-order chi connectivity index (χ1) is 9.08. The zero-order chi connectivity index (χ0) is 13.8. The summed E-state index contributed by atoms with van der Waals surface area (Å²) in [6, 6.07) is 3.25. The van der Waals surface area contributed by atoms with E-state index >= 15 is 0 Å². The van der Waals surface area contributed by atoms with Gasteiger partial charge in [0.2, 0.25) is 0 Å². The first kappa shape index (κ1) is 13.6. The maximum atomic E-state index is 13.0. The van der Waals surface area contributed by atoms with Gasteiger partial charge in [-0.15, -0.1) is 0 Å². The van der Waals surface area contributed by atoms with Crippen LogP contribution in [0.15, 0.2) is 24.5 Å². The summed E-state index contributed by atoms with van der Waals surface area (Å²) in [5.74, 6) is -0.621. The molecule has 0 aliphatic rings. The second-order valence-electron chi connectivity index (χ2n) is 4.33. The smallest absolute Gasteiger partial charge is 0.138 e. The molecule has 1 aromatic heterocycles. The van der Waals surface area contributed by atoms with Crippen molar-refractivity contribution in [1.29, 1.82) is 0 Å². The van der Waals surface area contributed by atoms with Crippen molar-refractivity contribution in [3.63, 3.8) is 0 Å². The number of aliphatic hydroxyl groups is 1. The minimum atomic E-state index is -0.754. The van der Waals surface area contributed by atoms with Crippen molar-refractivity contribution in [2.45, 2.75) is 32.4 Å². The van der Waals surface area contributed by atoms with Crippen LogP contribution in [-0.4, -0.2) is 26.0 Å². The Morgan fingerprint density at radius 3 is 2.53 bits per heavy atom. The zero-order valence-corrected chi connectivity index (χ0v) is 10.6. The van der Waals surface area contributed by atoms with Crippen molar-refractivity contribution >= 4 is 0 Å². The zero-order valence-electron chi connectivity index (χ0n) is 10.6. The first-order valence-corrected chi connectivity index (χ1v) is 6.08. The van der Waals surface area contributed by atoms with Gasteiger partial charge in [0.1, 0.15) is 23.8 Å². The molecule has 0 amide bonds. The van der Waals surface area contributed by atoms with E-state index in [1.807, 2.05) is 6.92 Å². The van der Waals surface area contributed by atoms with Gasteiger partial charge >= 0.3 is 0 Å². The van der Waals surface area contributed by atoms with Crippen molar-refractivity contribution in [3.8, 4) is 0 Å². The number of aliphatic hydroxyl groups excluding tert-OH is 1. The highest BCUT2D eigenvalue weighted by molar-refractivity contribution is 5.18. The van der Waals surface area contributed by atoms with Gasteiger partial charge in [-0.3, -0.25) is 4.68 Å². The molecule has 1 atom stereocenters. The molecule has 1 N–H and O–H groups in total. The van der Waals surface area contributed by atoms with Gasteiger partial charge < -0.3 is 5.11 Å². The summed E-state index contributed by atoms with van der Waals surface area (Å²) >= 11 is 0. The molecule has 0 saturated heterocycles. The molecule has 1 aromatic carbocycles. The number of aromatic nitrogens is 3. The van der Waals surface area contributed by atoms with Crippen LogP contribution in [0.3, 0.4) is 0 Å². The molecule has 0 bridgehead atoms. The topological polar surface area (TPSA) is 50.9 Å². The van der Waals surface area contributed by atoms with E-state index in [2.05, 4.69) is 10.1 Å². The van der Waals surface area contributed by atoms with Crippen LogP contribution in [0.4, 0.5) is 8.78 Å². The standard InChI is InChI=1S/C13H15F2N3O/c1-2-18-13(16-8-17-18)7-12(19)5-9-3-10(14)6-11(15)4-9/h3-4,6,8,12,19H,2,5,7H2,1H3. The Bertz CT molecular complexity index is 536.